The Labute approximate surface area is 175 Å². The van der Waals surface area contributed by atoms with Gasteiger partial charge in [-0.3, -0.25) is 14.2 Å². The fourth-order valence-electron chi connectivity index (χ4n) is 4.36. The number of carbonyl (C=O) groups excluding carboxylic acids is 2. The van der Waals surface area contributed by atoms with Crippen LogP contribution in [0.15, 0.2) is 47.3 Å². The maximum Gasteiger partial charge on any atom is 0.326 e. The molecule has 0 saturated carbocycles. The second-order valence-electron chi connectivity index (χ2n) is 8.17. The van der Waals surface area contributed by atoms with Crippen molar-refractivity contribution in [1.82, 2.24) is 14.5 Å². The van der Waals surface area contributed by atoms with Crippen LogP contribution >= 0.6 is 0 Å². The largest absolute Gasteiger partial charge is 0.343 e. The van der Waals surface area contributed by atoms with Crippen molar-refractivity contribution in [3.05, 3.63) is 69.6 Å². The van der Waals surface area contributed by atoms with Crippen LogP contribution in [0, 0.1) is 13.8 Å². The molecule has 6 nitrogen and oxygen atoms in total. The molecule has 0 aliphatic carbocycles. The molecule has 1 aliphatic rings. The maximum atomic E-state index is 12.7. The molecule has 0 bridgehead atoms. The molecule has 0 atom stereocenters. The van der Waals surface area contributed by atoms with Gasteiger partial charge < -0.3 is 9.88 Å². The Morgan fingerprint density at radius 1 is 1.03 bits per heavy atom. The number of H-pyrrole nitrogens is 1. The Morgan fingerprint density at radius 2 is 1.77 bits per heavy atom. The van der Waals surface area contributed by atoms with Crippen LogP contribution in [0.5, 0.6) is 0 Å². The molecule has 30 heavy (non-hydrogen) atoms. The topological polar surface area (TPSA) is 75.2 Å². The van der Waals surface area contributed by atoms with Gasteiger partial charge in [-0.05, 0) is 50.5 Å². The van der Waals surface area contributed by atoms with Gasteiger partial charge in [0.1, 0.15) is 0 Å². The number of ketones is 1. The van der Waals surface area contributed by atoms with E-state index < -0.39 is 0 Å². The molecule has 1 N–H and O–H groups in total. The van der Waals surface area contributed by atoms with E-state index in [1.807, 2.05) is 65.8 Å². The van der Waals surface area contributed by atoms with Crippen molar-refractivity contribution in [2.24, 2.45) is 0 Å². The van der Waals surface area contributed by atoms with E-state index >= 15 is 0 Å². The molecular weight excluding hydrogens is 378 g/mol. The van der Waals surface area contributed by atoms with E-state index in [0.29, 0.717) is 18.7 Å². The van der Waals surface area contributed by atoms with Crippen molar-refractivity contribution in [3.8, 4) is 0 Å². The number of rotatable bonds is 5. The van der Waals surface area contributed by atoms with Gasteiger partial charge in [0.15, 0.2) is 5.78 Å². The van der Waals surface area contributed by atoms with Crippen molar-refractivity contribution in [1.29, 1.82) is 0 Å². The van der Waals surface area contributed by atoms with Gasteiger partial charge in [-0.1, -0.05) is 29.8 Å². The molecular formula is C24H27N3O3. The Kier molecular flexibility index (Phi) is 5.57. The predicted molar refractivity (Wildman–Crippen MR) is 117 cm³/mol. The fraction of sp³-hybridized carbons (Fsp3) is 0.375. The number of aromatic amines is 1. The first-order valence-electron chi connectivity index (χ1n) is 10.5. The number of hydrogen-bond donors (Lipinski definition) is 1. The minimum absolute atomic E-state index is 0.0124. The zero-order chi connectivity index (χ0) is 21.3. The first kappa shape index (κ1) is 20.1. The number of imidazole rings is 1. The third-order valence-electron chi connectivity index (χ3n) is 6.07. The molecule has 4 rings (SSSR count). The normalized spacial score (nSPS) is 14.9. The zero-order valence-corrected chi connectivity index (χ0v) is 17.5. The summed E-state index contributed by atoms with van der Waals surface area (Å²) in [6.07, 6.45) is 1.92. The van der Waals surface area contributed by atoms with Crippen molar-refractivity contribution < 1.29 is 9.59 Å². The first-order chi connectivity index (χ1) is 14.4. The number of carbonyl (C=O) groups is 2. The zero-order valence-electron chi connectivity index (χ0n) is 17.5. The van der Waals surface area contributed by atoms with Gasteiger partial charge in [0, 0.05) is 37.5 Å². The number of piperidine rings is 1. The molecule has 0 unspecified atom stereocenters. The van der Waals surface area contributed by atoms with E-state index in [0.717, 1.165) is 35.0 Å². The van der Waals surface area contributed by atoms with Crippen LogP contribution in [0.4, 0.5) is 0 Å². The fourth-order valence-corrected chi connectivity index (χ4v) is 4.36. The lowest BCUT2D eigenvalue weighted by Crippen LogP contribution is -2.40. The molecule has 3 aromatic rings. The summed E-state index contributed by atoms with van der Waals surface area (Å²) in [6.45, 7) is 5.09. The van der Waals surface area contributed by atoms with Gasteiger partial charge >= 0.3 is 5.69 Å². The highest BCUT2D eigenvalue weighted by atomic mass is 16.2. The van der Waals surface area contributed by atoms with Crippen molar-refractivity contribution in [3.63, 3.8) is 0 Å². The van der Waals surface area contributed by atoms with E-state index in [-0.39, 0.29) is 36.3 Å². The van der Waals surface area contributed by atoms with E-state index in [4.69, 9.17) is 0 Å². The summed E-state index contributed by atoms with van der Waals surface area (Å²) in [6, 6.07) is 13.6. The predicted octanol–water partition coefficient (Wildman–Crippen LogP) is 3.77. The van der Waals surface area contributed by atoms with Crippen LogP contribution in [0.25, 0.3) is 11.0 Å². The minimum Gasteiger partial charge on any atom is -0.343 e. The van der Waals surface area contributed by atoms with E-state index in [9.17, 15) is 14.4 Å². The molecule has 2 aromatic carbocycles. The summed E-state index contributed by atoms with van der Waals surface area (Å²) < 4.78 is 1.82. The molecule has 0 spiro atoms. The second kappa shape index (κ2) is 8.30. The van der Waals surface area contributed by atoms with E-state index in [1.54, 1.807) is 0 Å². The summed E-state index contributed by atoms with van der Waals surface area (Å²) in [7, 11) is 0. The van der Waals surface area contributed by atoms with Crippen LogP contribution in [-0.4, -0.2) is 39.2 Å². The number of aryl methyl sites for hydroxylation is 2. The number of amides is 1. The van der Waals surface area contributed by atoms with Crippen LogP contribution in [0.3, 0.4) is 0 Å². The van der Waals surface area contributed by atoms with Crippen LogP contribution < -0.4 is 5.69 Å². The number of fused-ring (bicyclic) bond motifs is 1. The lowest BCUT2D eigenvalue weighted by molar-refractivity contribution is -0.132. The Hall–Kier alpha value is -3.15. The molecule has 1 fully saturated rings. The van der Waals surface area contributed by atoms with E-state index in [2.05, 4.69) is 4.98 Å². The number of para-hydroxylation sites is 2. The number of hydrogen-bond acceptors (Lipinski definition) is 3. The summed E-state index contributed by atoms with van der Waals surface area (Å²) in [5, 5.41) is 0. The Morgan fingerprint density at radius 3 is 2.53 bits per heavy atom. The van der Waals surface area contributed by atoms with Crippen molar-refractivity contribution in [2.75, 3.05) is 13.1 Å². The lowest BCUT2D eigenvalue weighted by atomic mass is 9.98. The highest BCUT2D eigenvalue weighted by Gasteiger charge is 2.26. The van der Waals surface area contributed by atoms with Crippen LogP contribution in [0.1, 0.15) is 53.2 Å². The Bertz CT molecular complexity index is 1150. The van der Waals surface area contributed by atoms with E-state index in [1.165, 1.54) is 0 Å². The average molecular weight is 405 g/mol. The number of nitrogens with zero attached hydrogens (tertiary/aromatic N) is 2. The molecule has 1 aliphatic heterocycles. The van der Waals surface area contributed by atoms with Gasteiger partial charge in [-0.25, -0.2) is 4.79 Å². The van der Waals surface area contributed by atoms with Gasteiger partial charge in [-0.2, -0.15) is 0 Å². The van der Waals surface area contributed by atoms with Crippen LogP contribution in [0.2, 0.25) is 0 Å². The summed E-state index contributed by atoms with van der Waals surface area (Å²) in [4.78, 5) is 42.4. The standard InChI is InChI=1S/C24H27N3O3/c1-16-7-8-17(2)19(15-16)22(28)9-10-23(29)26-13-11-18(12-14-26)27-21-6-4-3-5-20(21)25-24(27)30/h3-8,15,18H,9-14H2,1-2H3,(H,25,30). The molecule has 1 saturated heterocycles. The van der Waals surface area contributed by atoms with Crippen molar-refractivity contribution in [2.45, 2.75) is 45.6 Å². The number of likely N-dealkylation sites (tertiary alicyclic amines) is 1. The molecule has 156 valence electrons. The average Bonchev–Trinajstić information content (AvgIpc) is 3.09. The monoisotopic (exact) mass is 405 g/mol. The third kappa shape index (κ3) is 3.95. The Balaban J connectivity index is 1.35. The quantitative estimate of drug-likeness (QED) is 0.657. The molecule has 0 radical (unpaired) electrons. The van der Waals surface area contributed by atoms with Gasteiger partial charge in [0.05, 0.1) is 11.0 Å². The van der Waals surface area contributed by atoms with Gasteiger partial charge in [0.2, 0.25) is 5.91 Å². The molecule has 2 heterocycles. The minimum atomic E-state index is -0.0971. The highest BCUT2D eigenvalue weighted by Crippen LogP contribution is 2.25. The summed E-state index contributed by atoms with van der Waals surface area (Å²) >= 11 is 0. The van der Waals surface area contributed by atoms with Crippen LogP contribution in [-0.2, 0) is 4.79 Å². The maximum absolute atomic E-state index is 12.7. The number of Topliss-reactive ketones (excluding diaryl/α,β-unsaturated/α-hetero) is 1. The van der Waals surface area contributed by atoms with Gasteiger partial charge in [-0.15, -0.1) is 0 Å². The third-order valence-corrected chi connectivity index (χ3v) is 6.07. The summed E-state index contributed by atoms with van der Waals surface area (Å²) in [5.74, 6) is 0.0307. The molecule has 1 amide bonds. The van der Waals surface area contributed by atoms with Gasteiger partial charge in [0.25, 0.3) is 0 Å². The number of nitrogens with one attached hydrogen (secondary N) is 1. The lowest BCUT2D eigenvalue weighted by Gasteiger charge is -2.32. The number of aromatic nitrogens is 2. The molecule has 1 aromatic heterocycles. The SMILES string of the molecule is Cc1ccc(C)c(C(=O)CCC(=O)N2CCC(n3c(=O)[nH]c4ccccc43)CC2)c1. The highest BCUT2D eigenvalue weighted by molar-refractivity contribution is 5.99. The molecule has 6 heteroatoms. The number of benzene rings is 2. The smallest absolute Gasteiger partial charge is 0.326 e. The van der Waals surface area contributed by atoms with Crippen molar-refractivity contribution >= 4 is 22.7 Å². The summed E-state index contributed by atoms with van der Waals surface area (Å²) in [5.41, 5.74) is 4.35. The first-order valence-corrected chi connectivity index (χ1v) is 10.5. The second-order valence-corrected chi connectivity index (χ2v) is 8.17.